The van der Waals surface area contributed by atoms with Gasteiger partial charge in [-0.3, -0.25) is 0 Å². The van der Waals surface area contributed by atoms with Gasteiger partial charge in [0.15, 0.2) is 0 Å². The van der Waals surface area contributed by atoms with E-state index in [0.29, 0.717) is 0 Å². The summed E-state index contributed by atoms with van der Waals surface area (Å²) in [6, 6.07) is 119. The van der Waals surface area contributed by atoms with Crippen molar-refractivity contribution in [1.82, 2.24) is 0 Å². The van der Waals surface area contributed by atoms with E-state index in [0.717, 1.165) is 91.0 Å². The molecule has 13 aromatic carbocycles. The summed E-state index contributed by atoms with van der Waals surface area (Å²) in [5.41, 5.74) is 35.1. The molecule has 6 nitrogen and oxygen atoms in total. The normalized spacial score (nSPS) is 15.4. The first-order chi connectivity index (χ1) is 50.4. The first-order valence-corrected chi connectivity index (χ1v) is 37.0. The van der Waals surface area contributed by atoms with Crippen molar-refractivity contribution in [3.63, 3.8) is 0 Å². The third kappa shape index (κ3) is 9.56. The van der Waals surface area contributed by atoms with E-state index in [4.69, 9.17) is 0 Å². The predicted molar refractivity (Wildman–Crippen MR) is 443 cm³/mol. The van der Waals surface area contributed by atoms with Crippen LogP contribution in [0.4, 0.5) is 91.0 Å². The Morgan fingerprint density at radius 2 is 0.538 bits per heavy atom. The Bertz CT molecular complexity index is 5220. The zero-order valence-electron chi connectivity index (χ0n) is 60.9. The second kappa shape index (κ2) is 23.4. The first kappa shape index (κ1) is 63.2. The lowest BCUT2D eigenvalue weighted by molar-refractivity contribution is 0.588. The average molecular weight is 1340 g/mol. The highest BCUT2D eigenvalue weighted by Crippen LogP contribution is 2.61. The summed E-state index contributed by atoms with van der Waals surface area (Å²) in [6.45, 7) is 23.8. The molecule has 8 heteroatoms. The molecule has 0 radical (unpaired) electrons. The van der Waals surface area contributed by atoms with E-state index >= 15 is 0 Å². The van der Waals surface area contributed by atoms with Crippen LogP contribution in [0.1, 0.15) is 103 Å². The molecule has 0 spiro atoms. The van der Waals surface area contributed by atoms with Crippen molar-refractivity contribution in [3.05, 3.63) is 360 Å². The Hall–Kier alpha value is -11.7. The smallest absolute Gasteiger partial charge is 0.248 e. The van der Waals surface area contributed by atoms with Crippen LogP contribution in [-0.4, -0.2) is 13.4 Å². The maximum Gasteiger partial charge on any atom is 0.248 e. The molecule has 0 saturated heterocycles. The van der Waals surface area contributed by atoms with Crippen LogP contribution in [0, 0.1) is 0 Å². The van der Waals surface area contributed by atoms with E-state index in [1.807, 2.05) is 0 Å². The fourth-order valence-corrected chi connectivity index (χ4v) is 18.4. The molecule has 0 atom stereocenters. The summed E-state index contributed by atoms with van der Waals surface area (Å²) in [5.74, 6) is 0. The number of hydrogen-bond donors (Lipinski definition) is 0. The van der Waals surface area contributed by atoms with E-state index in [-0.39, 0.29) is 24.3 Å². The molecule has 4 aliphatic heterocycles. The maximum atomic E-state index is 2.75. The monoisotopic (exact) mass is 1340 g/mol. The number of fused-ring (bicyclic) bond motifs is 10. The van der Waals surface area contributed by atoms with Crippen LogP contribution in [-0.2, 0) is 21.7 Å². The van der Waals surface area contributed by atoms with E-state index < -0.39 is 10.8 Å². The third-order valence-corrected chi connectivity index (χ3v) is 23.2. The van der Waals surface area contributed by atoms with Gasteiger partial charge in [0, 0.05) is 113 Å². The SMILES string of the molecule is CC(C)(C)c1ccc2c(c1)C1=C(B3c4cc5c(cc4N(c4ccccc4)c4cc(N(c6ccccc6)c6ccccc6)cc(c43)N1c1ccccc1)N(c1ccccc1)c1cc(N(c3ccccc3)c3ccccc3)cc3c1B5C1=C(c4cc(C(C)(C)C)ccc4C1(C)C)N3c1ccccc1)C2(C)C. The summed E-state index contributed by atoms with van der Waals surface area (Å²) in [4.78, 5) is 15.5. The van der Waals surface area contributed by atoms with Gasteiger partial charge < -0.3 is 29.4 Å². The fourth-order valence-electron chi connectivity index (χ4n) is 18.4. The lowest BCUT2D eigenvalue weighted by atomic mass is 9.27. The van der Waals surface area contributed by atoms with E-state index in [1.54, 1.807) is 0 Å². The Morgan fingerprint density at radius 1 is 0.269 bits per heavy atom. The fraction of sp³-hybridized carbons (Fsp3) is 0.146. The van der Waals surface area contributed by atoms with Gasteiger partial charge in [-0.15, -0.1) is 0 Å². The van der Waals surface area contributed by atoms with Crippen LogP contribution in [0.2, 0.25) is 0 Å². The van der Waals surface area contributed by atoms with Gasteiger partial charge in [-0.2, -0.15) is 0 Å². The molecule has 2 aliphatic carbocycles. The minimum atomic E-state index is -0.444. The van der Waals surface area contributed by atoms with Gasteiger partial charge in [0.2, 0.25) is 13.4 Å². The van der Waals surface area contributed by atoms with E-state index in [9.17, 15) is 0 Å². The van der Waals surface area contributed by atoms with Gasteiger partial charge in [0.05, 0.1) is 11.4 Å². The molecule has 6 aliphatic rings. The summed E-state index contributed by atoms with van der Waals surface area (Å²) in [6.07, 6.45) is 0. The van der Waals surface area contributed by atoms with Crippen LogP contribution in [0.5, 0.6) is 0 Å². The topological polar surface area (TPSA) is 19.4 Å². The Balaban J connectivity index is 0.988. The minimum Gasteiger partial charge on any atom is -0.311 e. The summed E-state index contributed by atoms with van der Waals surface area (Å²) < 4.78 is 0. The molecule has 502 valence electrons. The third-order valence-electron chi connectivity index (χ3n) is 23.2. The van der Waals surface area contributed by atoms with Crippen molar-refractivity contribution in [2.45, 2.75) is 90.9 Å². The highest BCUT2D eigenvalue weighted by Gasteiger charge is 2.57. The van der Waals surface area contributed by atoms with E-state index in [2.05, 4.69) is 414 Å². The van der Waals surface area contributed by atoms with Crippen molar-refractivity contribution < 1.29 is 0 Å². The average Bonchev–Trinajstić information content (AvgIpc) is 1.41. The molecule has 0 amide bonds. The van der Waals surface area contributed by atoms with Crippen molar-refractivity contribution in [2.24, 2.45) is 0 Å². The largest absolute Gasteiger partial charge is 0.311 e. The predicted octanol–water partition coefficient (Wildman–Crippen LogP) is 22.8. The summed E-state index contributed by atoms with van der Waals surface area (Å²) in [5, 5.41) is 0. The molecular formula is C96H82B2N6. The van der Waals surface area contributed by atoms with Crippen molar-refractivity contribution in [2.75, 3.05) is 29.4 Å². The van der Waals surface area contributed by atoms with Crippen LogP contribution >= 0.6 is 0 Å². The minimum absolute atomic E-state index is 0.112. The van der Waals surface area contributed by atoms with Crippen molar-refractivity contribution in [1.29, 1.82) is 0 Å². The van der Waals surface area contributed by atoms with Gasteiger partial charge >= 0.3 is 0 Å². The van der Waals surface area contributed by atoms with Crippen LogP contribution < -0.4 is 51.3 Å². The van der Waals surface area contributed by atoms with Gasteiger partial charge in [-0.05, 0) is 194 Å². The van der Waals surface area contributed by atoms with Crippen LogP contribution in [0.25, 0.3) is 11.4 Å². The Morgan fingerprint density at radius 3 is 0.827 bits per heavy atom. The summed E-state index contributed by atoms with van der Waals surface area (Å²) in [7, 11) is 0. The molecule has 0 N–H and O–H groups in total. The van der Waals surface area contributed by atoms with Crippen LogP contribution in [0.15, 0.2) is 326 Å². The lowest BCUT2D eigenvalue weighted by Gasteiger charge is -2.49. The Kier molecular flexibility index (Phi) is 14.2. The number of hydrogen-bond acceptors (Lipinski definition) is 6. The van der Waals surface area contributed by atoms with Gasteiger partial charge in [0.1, 0.15) is 0 Å². The van der Waals surface area contributed by atoms with E-state index in [1.165, 1.54) is 77.6 Å². The Labute approximate surface area is 613 Å². The standard InChI is InChI=1S/C96H82B2N6/c1-93(2,3)63-51-53-77-75(55-63)89-91(95(77,7)8)97-79-61-80-82(62-81(79)101(69-43-27-15-28-44-69)83-57-73(59-85(87(83)97)103(89)71-47-31-17-32-48-71)99(65-35-19-11-20-36-65)66-37-21-12-22-38-66)102(70-45-29-16-30-46-70)84-58-74(100(67-39-23-13-24-40-67)68-41-25-14-26-42-68)60-86-88(84)98(80)92-90(104(86)72-49-33-18-34-50-72)76-56-64(94(4,5)6)52-54-78(76)96(92,9)10/h11-62H,1-10H3. The first-order valence-electron chi connectivity index (χ1n) is 37.0. The zero-order chi connectivity index (χ0) is 70.7. The van der Waals surface area contributed by atoms with Crippen molar-refractivity contribution >= 4 is 138 Å². The number of anilines is 16. The molecule has 0 bridgehead atoms. The number of nitrogens with zero attached hydrogens (tertiary/aromatic N) is 6. The lowest BCUT2D eigenvalue weighted by Crippen LogP contribution is -2.61. The van der Waals surface area contributed by atoms with Gasteiger partial charge in [-0.1, -0.05) is 256 Å². The molecular weight excluding hydrogens is 1260 g/mol. The molecule has 0 fully saturated rings. The van der Waals surface area contributed by atoms with Crippen molar-refractivity contribution in [3.8, 4) is 0 Å². The molecule has 0 aromatic heterocycles. The van der Waals surface area contributed by atoms with Crippen LogP contribution in [0.3, 0.4) is 0 Å². The molecule has 13 aromatic rings. The highest BCUT2D eigenvalue weighted by atomic mass is 15.2. The summed E-state index contributed by atoms with van der Waals surface area (Å²) >= 11 is 0. The molecule has 4 heterocycles. The van der Waals surface area contributed by atoms with Gasteiger partial charge in [-0.25, -0.2) is 0 Å². The molecule has 104 heavy (non-hydrogen) atoms. The second-order valence-corrected chi connectivity index (χ2v) is 32.1. The maximum absolute atomic E-state index is 2.75. The molecule has 0 saturated carbocycles. The number of para-hydroxylation sites is 8. The number of allylic oxidation sites excluding steroid dienone is 2. The molecule has 0 unspecified atom stereocenters. The number of benzene rings is 13. The second-order valence-electron chi connectivity index (χ2n) is 32.1. The van der Waals surface area contributed by atoms with Gasteiger partial charge in [0.25, 0.3) is 0 Å². The molecule has 19 rings (SSSR count). The quantitative estimate of drug-likeness (QED) is 0.126. The number of rotatable bonds is 10. The highest BCUT2D eigenvalue weighted by molar-refractivity contribution is 6.99. The zero-order valence-corrected chi connectivity index (χ0v) is 60.9.